The number of hydrogen-bond acceptors (Lipinski definition) is 6. The van der Waals surface area contributed by atoms with E-state index in [4.69, 9.17) is 14.2 Å². The van der Waals surface area contributed by atoms with Gasteiger partial charge in [0.1, 0.15) is 13.2 Å². The molecule has 0 fully saturated rings. The molecule has 1 unspecified atom stereocenters. The molecule has 6 heteroatoms. The van der Waals surface area contributed by atoms with Gasteiger partial charge in [-0.3, -0.25) is 14.4 Å². The second kappa shape index (κ2) is 56.0. The van der Waals surface area contributed by atoms with Crippen LogP contribution in [0.3, 0.4) is 0 Å². The van der Waals surface area contributed by atoms with Crippen LogP contribution >= 0.6 is 0 Å². The predicted octanol–water partition coefficient (Wildman–Crippen LogP) is 19.9. The Morgan fingerprint density at radius 3 is 0.606 bits per heavy atom. The summed E-state index contributed by atoms with van der Waals surface area (Å²) < 4.78 is 16.9. The van der Waals surface area contributed by atoms with E-state index in [2.05, 4.69) is 20.8 Å². The van der Waals surface area contributed by atoms with E-state index < -0.39 is 6.10 Å². The molecule has 0 saturated carbocycles. The fraction of sp³-hybridized carbons (Fsp3) is 0.950. The molecule has 1 atom stereocenters. The molecule has 0 N–H and O–H groups in total. The molecule has 0 aromatic heterocycles. The third-order valence-corrected chi connectivity index (χ3v) is 13.9. The summed E-state index contributed by atoms with van der Waals surface area (Å²) in [6.45, 7) is 6.72. The lowest BCUT2D eigenvalue weighted by Crippen LogP contribution is -2.30. The van der Waals surface area contributed by atoms with Crippen LogP contribution in [-0.2, 0) is 28.6 Å². The normalized spacial score (nSPS) is 11.9. The summed E-state index contributed by atoms with van der Waals surface area (Å²) in [5, 5.41) is 0. The van der Waals surface area contributed by atoms with E-state index in [0.717, 1.165) is 57.8 Å². The Morgan fingerprint density at radius 1 is 0.242 bits per heavy atom. The number of rotatable bonds is 56. The van der Waals surface area contributed by atoms with Crippen LogP contribution in [0.15, 0.2) is 0 Å². The first-order chi connectivity index (χ1) is 32.5. The van der Waals surface area contributed by atoms with E-state index >= 15 is 0 Å². The molecule has 66 heavy (non-hydrogen) atoms. The van der Waals surface area contributed by atoms with Gasteiger partial charge in [-0.25, -0.2) is 0 Å². The largest absolute Gasteiger partial charge is 0.462 e. The Kier molecular flexibility index (Phi) is 54.7. The van der Waals surface area contributed by atoms with E-state index in [9.17, 15) is 14.4 Å². The molecule has 0 bridgehead atoms. The lowest BCUT2D eigenvalue weighted by Gasteiger charge is -2.18. The van der Waals surface area contributed by atoms with Crippen LogP contribution in [0, 0.1) is 0 Å². The van der Waals surface area contributed by atoms with Gasteiger partial charge in [-0.15, -0.1) is 0 Å². The van der Waals surface area contributed by atoms with E-state index in [1.807, 2.05) is 0 Å². The summed E-state index contributed by atoms with van der Waals surface area (Å²) in [7, 11) is 0. The van der Waals surface area contributed by atoms with E-state index in [-0.39, 0.29) is 31.1 Å². The van der Waals surface area contributed by atoms with Gasteiger partial charge in [-0.2, -0.15) is 0 Å². The number of unbranched alkanes of at least 4 members (excludes halogenated alkanes) is 45. The Labute approximate surface area is 412 Å². The van der Waals surface area contributed by atoms with Crippen molar-refractivity contribution in [1.82, 2.24) is 0 Å². The van der Waals surface area contributed by atoms with Gasteiger partial charge in [0.25, 0.3) is 0 Å². The van der Waals surface area contributed by atoms with Crippen molar-refractivity contribution in [2.45, 2.75) is 354 Å². The summed E-state index contributed by atoms with van der Waals surface area (Å²) in [6, 6.07) is 0. The lowest BCUT2D eigenvalue weighted by molar-refractivity contribution is -0.167. The molecule has 6 nitrogen and oxygen atoms in total. The highest BCUT2D eigenvalue weighted by molar-refractivity contribution is 5.71. The van der Waals surface area contributed by atoms with Gasteiger partial charge >= 0.3 is 17.9 Å². The van der Waals surface area contributed by atoms with Crippen LogP contribution in [0.5, 0.6) is 0 Å². The SMILES string of the molecule is CCCCCCCCCCCCCCCCCCCCCC(=O)OCC(COC(=O)CCCCCCCCCCCCCCCC)OC(=O)CCCCCCCCCCCCCCCCC. The van der Waals surface area contributed by atoms with Crippen molar-refractivity contribution < 1.29 is 28.6 Å². The number of carbonyl (C=O) groups excluding carboxylic acids is 3. The molecule has 0 aliphatic carbocycles. The summed E-state index contributed by atoms with van der Waals surface area (Å²) >= 11 is 0. The highest BCUT2D eigenvalue weighted by Crippen LogP contribution is 2.18. The van der Waals surface area contributed by atoms with E-state index in [1.54, 1.807) is 0 Å². The monoisotopic (exact) mass is 933 g/mol. The average molecular weight is 934 g/mol. The molecule has 0 aliphatic rings. The van der Waals surface area contributed by atoms with Crippen molar-refractivity contribution in [2.75, 3.05) is 13.2 Å². The molecule has 0 amide bonds. The Balaban J connectivity index is 4.26. The minimum atomic E-state index is -0.761. The molecule has 0 heterocycles. The summed E-state index contributed by atoms with van der Waals surface area (Å²) in [5.74, 6) is -0.829. The van der Waals surface area contributed by atoms with Crippen molar-refractivity contribution >= 4 is 17.9 Å². The standard InChI is InChI=1S/C60H116O6/c1-4-7-10-13-16-19-22-25-28-29-30-31-33-35-38-41-44-47-50-53-59(62)65-56-57(55-64-58(61)52-49-46-43-40-37-34-27-24-21-18-15-12-9-6-3)66-60(63)54-51-48-45-42-39-36-32-26-23-20-17-14-11-8-5-2/h57H,4-56H2,1-3H3. The third-order valence-electron chi connectivity index (χ3n) is 13.9. The van der Waals surface area contributed by atoms with Crippen LogP contribution in [0.4, 0.5) is 0 Å². The number of esters is 3. The maximum atomic E-state index is 12.9. The van der Waals surface area contributed by atoms with Gasteiger partial charge < -0.3 is 14.2 Å². The zero-order valence-corrected chi connectivity index (χ0v) is 45.0. The second-order valence-electron chi connectivity index (χ2n) is 20.6. The minimum absolute atomic E-state index is 0.0608. The smallest absolute Gasteiger partial charge is 0.306 e. The molecule has 0 spiro atoms. The van der Waals surface area contributed by atoms with Crippen LogP contribution in [-0.4, -0.2) is 37.2 Å². The summed E-state index contributed by atoms with van der Waals surface area (Å²) in [4.78, 5) is 38.2. The topological polar surface area (TPSA) is 78.9 Å². The third kappa shape index (κ3) is 53.4. The molecule has 0 radical (unpaired) electrons. The molecule has 0 saturated heterocycles. The fourth-order valence-corrected chi connectivity index (χ4v) is 9.33. The van der Waals surface area contributed by atoms with Crippen molar-refractivity contribution in [3.05, 3.63) is 0 Å². The van der Waals surface area contributed by atoms with E-state index in [1.165, 1.54) is 250 Å². The van der Waals surface area contributed by atoms with Gasteiger partial charge in [0.15, 0.2) is 6.10 Å². The highest BCUT2D eigenvalue weighted by atomic mass is 16.6. The maximum Gasteiger partial charge on any atom is 0.306 e. The van der Waals surface area contributed by atoms with Crippen molar-refractivity contribution in [1.29, 1.82) is 0 Å². The Morgan fingerprint density at radius 2 is 0.409 bits per heavy atom. The molecule has 0 aliphatic heterocycles. The first-order valence-corrected chi connectivity index (χ1v) is 30.0. The number of ether oxygens (including phenoxy) is 3. The van der Waals surface area contributed by atoms with Crippen LogP contribution in [0.25, 0.3) is 0 Å². The lowest BCUT2D eigenvalue weighted by atomic mass is 10.0. The molecule has 0 aromatic rings. The van der Waals surface area contributed by atoms with Gasteiger partial charge in [-0.1, -0.05) is 310 Å². The quantitative estimate of drug-likeness (QED) is 0.0343. The first-order valence-electron chi connectivity index (χ1n) is 30.0. The molecule has 392 valence electrons. The van der Waals surface area contributed by atoms with Crippen molar-refractivity contribution in [3.8, 4) is 0 Å². The maximum absolute atomic E-state index is 12.9. The molecular weight excluding hydrogens is 817 g/mol. The van der Waals surface area contributed by atoms with Crippen LogP contribution in [0.1, 0.15) is 348 Å². The molecular formula is C60H116O6. The van der Waals surface area contributed by atoms with E-state index in [0.29, 0.717) is 19.3 Å². The molecule has 0 rings (SSSR count). The zero-order chi connectivity index (χ0) is 47.9. The van der Waals surface area contributed by atoms with Gasteiger partial charge in [0.05, 0.1) is 0 Å². The average Bonchev–Trinajstić information content (AvgIpc) is 3.31. The first kappa shape index (κ1) is 64.4. The van der Waals surface area contributed by atoms with Gasteiger partial charge in [0.2, 0.25) is 0 Å². The number of hydrogen-bond donors (Lipinski definition) is 0. The van der Waals surface area contributed by atoms with Crippen molar-refractivity contribution in [2.24, 2.45) is 0 Å². The van der Waals surface area contributed by atoms with Gasteiger partial charge in [0, 0.05) is 19.3 Å². The predicted molar refractivity (Wildman–Crippen MR) is 284 cm³/mol. The van der Waals surface area contributed by atoms with Crippen LogP contribution < -0.4 is 0 Å². The Hall–Kier alpha value is -1.59. The summed E-state index contributed by atoms with van der Waals surface area (Å²) in [5.41, 5.74) is 0. The van der Waals surface area contributed by atoms with Gasteiger partial charge in [-0.05, 0) is 19.3 Å². The number of carbonyl (C=O) groups is 3. The second-order valence-corrected chi connectivity index (χ2v) is 20.6. The highest BCUT2D eigenvalue weighted by Gasteiger charge is 2.19. The Bertz CT molecular complexity index is 982. The van der Waals surface area contributed by atoms with Crippen molar-refractivity contribution in [3.63, 3.8) is 0 Å². The minimum Gasteiger partial charge on any atom is -0.462 e. The summed E-state index contributed by atoms with van der Waals surface area (Å²) in [6.07, 6.45) is 62.4. The fourth-order valence-electron chi connectivity index (χ4n) is 9.33. The molecule has 0 aromatic carbocycles. The zero-order valence-electron chi connectivity index (χ0n) is 45.0. The van der Waals surface area contributed by atoms with Crippen LogP contribution in [0.2, 0.25) is 0 Å².